The number of pyridine rings is 4. The van der Waals surface area contributed by atoms with Crippen molar-refractivity contribution >= 4 is 67.9 Å². The van der Waals surface area contributed by atoms with Crippen LogP contribution < -0.4 is 48.5 Å². The Labute approximate surface area is 528 Å². The van der Waals surface area contributed by atoms with Crippen LogP contribution in [-0.2, 0) is 38.6 Å². The second kappa shape index (κ2) is 27.0. The quantitative estimate of drug-likeness (QED) is 0.202. The zero-order valence-electron chi connectivity index (χ0n) is 49.7. The van der Waals surface area contributed by atoms with E-state index in [2.05, 4.69) is 46.5 Å². The predicted molar refractivity (Wildman–Crippen MR) is 322 cm³/mol. The van der Waals surface area contributed by atoms with Crippen LogP contribution in [0.15, 0.2) is 102 Å². The van der Waals surface area contributed by atoms with E-state index >= 15 is 0 Å². The van der Waals surface area contributed by atoms with Crippen molar-refractivity contribution in [3.05, 3.63) is 87.0 Å². The molecule has 0 aliphatic carbocycles. The average molecular weight is 1380 g/mol. The summed E-state index contributed by atoms with van der Waals surface area (Å²) in [6, 6.07) is 6.09. The molecule has 0 spiro atoms. The van der Waals surface area contributed by atoms with Crippen LogP contribution in [0.3, 0.4) is 0 Å². The van der Waals surface area contributed by atoms with Gasteiger partial charge < -0.3 is 67.8 Å². The number of hydrogen-bond acceptors (Lipinski definition) is 24. The van der Waals surface area contributed by atoms with E-state index in [1.54, 1.807) is 16.0 Å². The number of fused-ring (bicyclic) bond motifs is 4. The molecule has 14 heterocycles. The molecular formula is C56H68BrClN10O18S3. The maximum absolute atomic E-state index is 13.0. The van der Waals surface area contributed by atoms with Crippen LogP contribution in [-0.4, -0.2) is 218 Å². The van der Waals surface area contributed by atoms with Crippen molar-refractivity contribution < 1.29 is 82.2 Å². The second-order valence-corrected chi connectivity index (χ2v) is 30.5. The molecule has 0 atom stereocenters. The molecule has 0 saturated heterocycles. The fourth-order valence-corrected chi connectivity index (χ4v) is 13.8. The molecule has 0 unspecified atom stereocenters. The number of ether oxygens (including phenoxy) is 10. The highest BCUT2D eigenvalue weighted by Gasteiger charge is 2.40. The summed E-state index contributed by atoms with van der Waals surface area (Å²) in [5, 5.41) is 6.51. The van der Waals surface area contributed by atoms with Gasteiger partial charge in [-0.05, 0) is 90.9 Å². The molecule has 4 aromatic heterocycles. The first-order valence-corrected chi connectivity index (χ1v) is 34.2. The van der Waals surface area contributed by atoms with Crippen LogP contribution in [0.25, 0.3) is 0 Å². The Kier molecular flexibility index (Phi) is 19.7. The molecule has 10 aliphatic heterocycles. The molecular weight excluding hydrogens is 1310 g/mol. The van der Waals surface area contributed by atoms with Crippen molar-refractivity contribution in [3.63, 3.8) is 0 Å². The fraction of sp³-hybridized carbons (Fsp3) is 0.500. The molecule has 0 bridgehead atoms. The van der Waals surface area contributed by atoms with Gasteiger partial charge in [-0.1, -0.05) is 0 Å². The second-order valence-electron chi connectivity index (χ2n) is 23.2. The molecule has 0 aromatic carbocycles. The lowest BCUT2D eigenvalue weighted by atomic mass is 10.2. The Morgan fingerprint density at radius 2 is 0.742 bits per heavy atom. The molecule has 89 heavy (non-hydrogen) atoms. The van der Waals surface area contributed by atoms with E-state index in [1.807, 2.05) is 47.6 Å². The largest absolute Gasteiger partial charge is 0.484 e. The van der Waals surface area contributed by atoms with Gasteiger partial charge in [-0.25, -0.2) is 54.8 Å². The Hall–Kier alpha value is -6.78. The molecule has 2 N–H and O–H groups in total. The van der Waals surface area contributed by atoms with Crippen molar-refractivity contribution in [2.24, 2.45) is 0 Å². The highest BCUT2D eigenvalue weighted by molar-refractivity contribution is 9.10. The summed E-state index contributed by atoms with van der Waals surface area (Å²) >= 11 is 3.29. The lowest BCUT2D eigenvalue weighted by Gasteiger charge is -2.26. The van der Waals surface area contributed by atoms with Crippen LogP contribution in [0.2, 0.25) is 0 Å². The fourth-order valence-electron chi connectivity index (χ4n) is 10.1. The van der Waals surface area contributed by atoms with Crippen molar-refractivity contribution in [1.29, 1.82) is 0 Å². The number of halogens is 2. The van der Waals surface area contributed by atoms with Gasteiger partial charge in [0.2, 0.25) is 20.0 Å². The van der Waals surface area contributed by atoms with E-state index in [4.69, 9.17) is 58.1 Å². The highest BCUT2D eigenvalue weighted by Crippen LogP contribution is 2.37. The van der Waals surface area contributed by atoms with Gasteiger partial charge >= 0.3 is 12.2 Å². The van der Waals surface area contributed by atoms with Crippen LogP contribution in [0, 0.1) is 0 Å². The van der Waals surface area contributed by atoms with Gasteiger partial charge in [0, 0.05) is 124 Å². The number of rotatable bonds is 5. The average Bonchev–Trinajstić information content (AvgIpc) is 1.82. The van der Waals surface area contributed by atoms with Gasteiger partial charge in [0.1, 0.15) is 78.7 Å². The van der Waals surface area contributed by atoms with E-state index < -0.39 is 40.3 Å². The number of nitrogens with one attached hydrogen (secondary N) is 2. The molecule has 0 saturated carbocycles. The first-order chi connectivity index (χ1) is 42.2. The summed E-state index contributed by atoms with van der Waals surface area (Å²) in [5.41, 5.74) is 6.02. The van der Waals surface area contributed by atoms with Crippen LogP contribution in [0.1, 0.15) is 41.5 Å². The maximum atomic E-state index is 13.0. The van der Waals surface area contributed by atoms with Crippen molar-refractivity contribution in [2.75, 3.05) is 131 Å². The normalized spacial score (nSPS) is 19.1. The zero-order valence-corrected chi connectivity index (χ0v) is 54.5. The lowest BCUT2D eigenvalue weighted by molar-refractivity contribution is 0.0286. The SMILES string of the molecule is Brc1cnc2c(c1)OCCO2.CC(C)(C)OC(=O)N1CC2=C(C1)CN(S(=O)(=O)c1cnc3c(c1)OCCO3)C2.CC(C)(C)OC(=O)N1CC2=C(CNC2)C1.O=S(=O)(Cl)c1cnc2c(c1)OCCO2.O=S(=O)(c1cnc2c(c1)OCCO2)N1CC2=C(CNC2)C1. The van der Waals surface area contributed by atoms with Gasteiger partial charge in [-0.15, -0.1) is 0 Å². The lowest BCUT2D eigenvalue weighted by Crippen LogP contribution is -2.39. The standard InChI is InChI=1S/C18H23N3O6S.C13H15N3O4S.C11H18N2O2.C7H6BrNO2.C7H6ClNO4S/c1-18(2,3)27-17(22)20-8-12-10-21(11-13(12)9-20)28(23,24)14-6-15-16(19-7-14)26-5-4-25-15;17-21(18,16-7-9-4-14-5-10(9)8-16)11-3-12-13(15-6-11)20-2-1-19-12;1-11(2,3)15-10(14)13-6-8-4-12-5-9(8)7-13;8-5-3-6-7(9-4-5)11-2-1-10-6;8-14(10,11)5-3-6-7(9-4-5)13-2-1-12-6/h6-7H,4-5,8-11H2,1-3H3;3,6,14H,1-2,4-5,7-8H2;12H,4-7H2,1-3H3;3-4H,1-2H2;3-4H,1-2H2. The van der Waals surface area contributed by atoms with Gasteiger partial charge in [-0.3, -0.25) is 0 Å². The molecule has 33 heteroatoms. The molecule has 14 rings (SSSR count). The predicted octanol–water partition coefficient (Wildman–Crippen LogP) is 4.69. The van der Waals surface area contributed by atoms with Gasteiger partial charge in [-0.2, -0.15) is 8.61 Å². The van der Waals surface area contributed by atoms with E-state index in [1.165, 1.54) is 61.5 Å². The summed E-state index contributed by atoms with van der Waals surface area (Å²) in [7, 11) is -5.90. The van der Waals surface area contributed by atoms with E-state index in [0.717, 1.165) is 61.1 Å². The monoisotopic (exact) mass is 1380 g/mol. The highest BCUT2D eigenvalue weighted by atomic mass is 79.9. The number of carbonyl (C=O) groups is 2. The van der Waals surface area contributed by atoms with Crippen molar-refractivity contribution in [2.45, 2.75) is 67.4 Å². The van der Waals surface area contributed by atoms with E-state index in [9.17, 15) is 34.8 Å². The van der Waals surface area contributed by atoms with Crippen LogP contribution >= 0.6 is 26.6 Å². The van der Waals surface area contributed by atoms with Crippen LogP contribution in [0.4, 0.5) is 9.59 Å². The first kappa shape index (κ1) is 65.2. The third-order valence-electron chi connectivity index (χ3n) is 14.2. The third kappa shape index (κ3) is 16.2. The Morgan fingerprint density at radius 3 is 1.10 bits per heavy atom. The van der Waals surface area contributed by atoms with Crippen molar-refractivity contribution in [1.82, 2.24) is 49.0 Å². The number of hydrogen-bond donors (Lipinski definition) is 2. The third-order valence-corrected chi connectivity index (χ3v) is 19.5. The number of aromatic nitrogens is 4. The number of amides is 2. The summed E-state index contributed by atoms with van der Waals surface area (Å²) in [5.74, 6) is 3.28. The molecule has 10 aliphatic rings. The van der Waals surface area contributed by atoms with Crippen molar-refractivity contribution in [3.8, 4) is 46.5 Å². The summed E-state index contributed by atoms with van der Waals surface area (Å²) < 4.78 is 130. The molecule has 0 radical (unpaired) electrons. The summed E-state index contributed by atoms with van der Waals surface area (Å²) in [6.45, 7) is 21.8. The van der Waals surface area contributed by atoms with Gasteiger partial charge in [0.25, 0.3) is 32.6 Å². The summed E-state index contributed by atoms with van der Waals surface area (Å²) in [4.78, 5) is 43.4. The molecule has 4 aromatic rings. The molecule has 0 fully saturated rings. The molecule has 2 amide bonds. The zero-order chi connectivity index (χ0) is 63.5. The number of carbonyl (C=O) groups excluding carboxylic acids is 2. The Morgan fingerprint density at radius 1 is 0.449 bits per heavy atom. The van der Waals surface area contributed by atoms with Crippen LogP contribution in [0.5, 0.6) is 46.5 Å². The smallest absolute Gasteiger partial charge is 0.410 e. The van der Waals surface area contributed by atoms with E-state index in [-0.39, 0.29) is 40.0 Å². The maximum Gasteiger partial charge on any atom is 0.410 e. The molecule has 482 valence electrons. The van der Waals surface area contributed by atoms with Gasteiger partial charge in [0.15, 0.2) is 23.0 Å². The minimum absolute atomic E-state index is 0.0712. The Balaban J connectivity index is 0.000000128. The minimum atomic E-state index is -3.76. The Bertz CT molecular complexity index is 3780. The van der Waals surface area contributed by atoms with Gasteiger partial charge in [0.05, 0.1) is 18.6 Å². The summed E-state index contributed by atoms with van der Waals surface area (Å²) in [6.07, 6.45) is 4.87. The molecule has 28 nitrogen and oxygen atoms in total. The minimum Gasteiger partial charge on any atom is -0.484 e. The van der Waals surface area contributed by atoms with E-state index in [0.29, 0.717) is 126 Å². The first-order valence-electron chi connectivity index (χ1n) is 28.3. The topological polar surface area (TPSA) is 317 Å². The number of nitrogens with zero attached hydrogens (tertiary/aromatic N) is 8. The number of sulfonamides is 2.